The van der Waals surface area contributed by atoms with Gasteiger partial charge in [0, 0.05) is 19.3 Å². The number of ketones is 1. The highest BCUT2D eigenvalue weighted by Crippen LogP contribution is 2.29. The number of nitrogens with two attached hydrogens (primary N) is 1. The molecule has 0 aliphatic carbocycles. The maximum atomic E-state index is 13.4. The van der Waals surface area contributed by atoms with Gasteiger partial charge in [0.25, 0.3) is 0 Å². The van der Waals surface area contributed by atoms with Crippen molar-refractivity contribution < 1.29 is 4.79 Å². The number of carbonyl (C=O) groups is 1. The largest absolute Gasteiger partial charge is 0.368 e. The third kappa shape index (κ3) is 3.53. The Balaban J connectivity index is 1.95. The molecule has 4 aromatic rings. The minimum absolute atomic E-state index is 0.0509. The number of imidazole rings is 1. The zero-order chi connectivity index (χ0) is 22.3. The van der Waals surface area contributed by atoms with Crippen molar-refractivity contribution in [1.82, 2.24) is 23.9 Å². The Bertz CT molecular complexity index is 1350. The van der Waals surface area contributed by atoms with E-state index in [1.807, 2.05) is 37.3 Å². The zero-order valence-electron chi connectivity index (χ0n) is 17.2. The van der Waals surface area contributed by atoms with E-state index in [0.29, 0.717) is 28.4 Å². The number of hydrogen-bond acceptors (Lipinski definition) is 7. The highest BCUT2D eigenvalue weighted by atomic mass is 35.5. The fourth-order valence-corrected chi connectivity index (χ4v) is 3.68. The van der Waals surface area contributed by atoms with Crippen LogP contribution in [0.5, 0.6) is 0 Å². The Kier molecular flexibility index (Phi) is 5.20. The van der Waals surface area contributed by atoms with Gasteiger partial charge in [-0.25, -0.2) is 19.2 Å². The van der Waals surface area contributed by atoms with E-state index in [-0.39, 0.29) is 28.6 Å². The molecule has 158 valence electrons. The van der Waals surface area contributed by atoms with Crippen LogP contribution in [0.15, 0.2) is 53.6 Å². The Hall–Kier alpha value is -3.72. The second-order valence-electron chi connectivity index (χ2n) is 7.11. The van der Waals surface area contributed by atoms with Gasteiger partial charge in [0.1, 0.15) is 16.6 Å². The van der Waals surface area contributed by atoms with E-state index in [1.165, 1.54) is 23.7 Å². The molecular weight excluding hydrogens is 418 g/mol. The van der Waals surface area contributed by atoms with Crippen molar-refractivity contribution in [3.8, 4) is 5.69 Å². The number of aromatic nitrogens is 5. The van der Waals surface area contributed by atoms with Gasteiger partial charge in [0.2, 0.25) is 5.95 Å². The first-order valence-electron chi connectivity index (χ1n) is 9.50. The van der Waals surface area contributed by atoms with Gasteiger partial charge >= 0.3 is 5.69 Å². The van der Waals surface area contributed by atoms with Crippen LogP contribution in [0.3, 0.4) is 0 Å². The summed E-state index contributed by atoms with van der Waals surface area (Å²) in [7, 11) is 1.78. The van der Waals surface area contributed by atoms with Crippen LogP contribution in [0.1, 0.15) is 35.9 Å². The lowest BCUT2D eigenvalue weighted by Gasteiger charge is -2.29. The first kappa shape index (κ1) is 20.5. The summed E-state index contributed by atoms with van der Waals surface area (Å²) in [5.41, 5.74) is 7.50. The lowest BCUT2D eigenvalue weighted by atomic mass is 10.1. The monoisotopic (exact) mass is 437 g/mol. The fourth-order valence-electron chi connectivity index (χ4n) is 3.47. The second-order valence-corrected chi connectivity index (χ2v) is 7.49. The smallest absolute Gasteiger partial charge is 0.339 e. The number of halogens is 1. The van der Waals surface area contributed by atoms with Crippen LogP contribution in [-0.4, -0.2) is 36.8 Å². The minimum Gasteiger partial charge on any atom is -0.368 e. The molecule has 9 nitrogen and oxygen atoms in total. The summed E-state index contributed by atoms with van der Waals surface area (Å²) in [4.78, 5) is 39.8. The predicted molar refractivity (Wildman–Crippen MR) is 119 cm³/mol. The van der Waals surface area contributed by atoms with Crippen LogP contribution in [-0.2, 0) is 0 Å². The van der Waals surface area contributed by atoms with E-state index < -0.39 is 0 Å². The summed E-state index contributed by atoms with van der Waals surface area (Å²) in [5, 5.41) is 0.222. The van der Waals surface area contributed by atoms with E-state index >= 15 is 0 Å². The highest BCUT2D eigenvalue weighted by Gasteiger charge is 2.24. The van der Waals surface area contributed by atoms with Crippen LogP contribution in [0.25, 0.3) is 11.3 Å². The van der Waals surface area contributed by atoms with Gasteiger partial charge < -0.3 is 10.6 Å². The molecular formula is C21H20ClN7O2. The number of hydrogen-bond donors (Lipinski definition) is 1. The first-order valence-corrected chi connectivity index (χ1v) is 9.88. The van der Waals surface area contributed by atoms with Crippen LogP contribution < -0.4 is 16.3 Å². The number of para-hydroxylation sites is 1. The summed E-state index contributed by atoms with van der Waals surface area (Å²) >= 11 is 6.21. The number of carbonyl (C=O) groups excluding carboxylic acids is 1. The molecule has 31 heavy (non-hydrogen) atoms. The molecule has 3 heterocycles. The van der Waals surface area contributed by atoms with Gasteiger partial charge in [-0.2, -0.15) is 4.98 Å². The molecule has 2 N–H and O–H groups in total. The molecule has 0 aliphatic heterocycles. The molecule has 3 aromatic heterocycles. The van der Waals surface area contributed by atoms with Crippen LogP contribution in [0.4, 0.5) is 11.8 Å². The number of nitrogen functional groups attached to an aromatic ring is 1. The maximum absolute atomic E-state index is 13.4. The van der Waals surface area contributed by atoms with Crippen molar-refractivity contribution in [2.24, 2.45) is 0 Å². The molecule has 10 heteroatoms. The van der Waals surface area contributed by atoms with Gasteiger partial charge in [0.05, 0.1) is 29.2 Å². The summed E-state index contributed by atoms with van der Waals surface area (Å²) in [6.07, 6.45) is 2.84. The molecule has 1 atom stereocenters. The Labute approximate surface area is 182 Å². The van der Waals surface area contributed by atoms with Crippen molar-refractivity contribution in [1.29, 1.82) is 0 Å². The van der Waals surface area contributed by atoms with E-state index in [9.17, 15) is 9.59 Å². The topological polar surface area (TPSA) is 111 Å². The molecule has 0 aliphatic rings. The Morgan fingerprint density at radius 3 is 2.58 bits per heavy atom. The molecule has 0 radical (unpaired) electrons. The standard InChI is InChI=1S/C21H20ClN7O2/c1-12(27(3)19-15(13(2)30)10-25-20(23)26-19)16-9-18-24-11-17(22)29(18)21(31)28(16)14-7-5-4-6-8-14/h4-12H,1-3H3,(H2,23,25,26)/t12-/m1/s1. The van der Waals surface area contributed by atoms with Crippen molar-refractivity contribution in [2.45, 2.75) is 19.9 Å². The van der Waals surface area contributed by atoms with E-state index in [1.54, 1.807) is 22.6 Å². The lowest BCUT2D eigenvalue weighted by Crippen LogP contribution is -2.33. The van der Waals surface area contributed by atoms with Gasteiger partial charge in [0.15, 0.2) is 5.78 Å². The summed E-state index contributed by atoms with van der Waals surface area (Å²) in [6, 6.07) is 10.6. The highest BCUT2D eigenvalue weighted by molar-refractivity contribution is 6.29. The van der Waals surface area contributed by atoms with E-state index in [4.69, 9.17) is 17.3 Å². The normalized spacial score (nSPS) is 12.1. The molecule has 0 fully saturated rings. The first-order chi connectivity index (χ1) is 14.8. The molecule has 0 amide bonds. The molecule has 0 saturated heterocycles. The predicted octanol–water partition coefficient (Wildman–Crippen LogP) is 2.91. The zero-order valence-corrected chi connectivity index (χ0v) is 17.9. The number of fused-ring (bicyclic) bond motifs is 1. The van der Waals surface area contributed by atoms with Crippen molar-refractivity contribution in [3.63, 3.8) is 0 Å². The van der Waals surface area contributed by atoms with E-state index in [2.05, 4.69) is 15.0 Å². The molecule has 1 aromatic carbocycles. The lowest BCUT2D eigenvalue weighted by molar-refractivity contribution is 0.101. The van der Waals surface area contributed by atoms with Crippen molar-refractivity contribution in [2.75, 3.05) is 17.7 Å². The molecule has 0 unspecified atom stereocenters. The third-order valence-corrected chi connectivity index (χ3v) is 5.45. The van der Waals surface area contributed by atoms with Crippen LogP contribution >= 0.6 is 11.6 Å². The van der Waals surface area contributed by atoms with Crippen molar-refractivity contribution >= 4 is 34.8 Å². The number of anilines is 2. The Morgan fingerprint density at radius 1 is 1.19 bits per heavy atom. The number of nitrogens with zero attached hydrogens (tertiary/aromatic N) is 6. The van der Waals surface area contributed by atoms with Gasteiger partial charge in [-0.3, -0.25) is 9.36 Å². The molecule has 0 saturated carbocycles. The third-order valence-electron chi connectivity index (χ3n) is 5.19. The number of Topliss-reactive ketones (excluding diaryl/α,β-unsaturated/α-hetero) is 1. The molecule has 0 spiro atoms. The number of rotatable bonds is 5. The summed E-state index contributed by atoms with van der Waals surface area (Å²) in [5.74, 6) is 0.237. The quantitative estimate of drug-likeness (QED) is 0.478. The van der Waals surface area contributed by atoms with Crippen LogP contribution in [0, 0.1) is 0 Å². The van der Waals surface area contributed by atoms with Gasteiger partial charge in [-0.05, 0) is 26.0 Å². The van der Waals surface area contributed by atoms with Crippen molar-refractivity contribution in [3.05, 3.63) is 75.7 Å². The summed E-state index contributed by atoms with van der Waals surface area (Å²) in [6.45, 7) is 3.34. The second kappa shape index (κ2) is 7.84. The fraction of sp³-hybridized carbons (Fsp3) is 0.190. The minimum atomic E-state index is -0.388. The van der Waals surface area contributed by atoms with Gasteiger partial charge in [-0.1, -0.05) is 29.8 Å². The maximum Gasteiger partial charge on any atom is 0.339 e. The van der Waals surface area contributed by atoms with Crippen LogP contribution in [0.2, 0.25) is 5.15 Å². The number of benzene rings is 1. The van der Waals surface area contributed by atoms with Gasteiger partial charge in [-0.15, -0.1) is 0 Å². The summed E-state index contributed by atoms with van der Waals surface area (Å²) < 4.78 is 2.91. The van der Waals surface area contributed by atoms with E-state index in [0.717, 1.165) is 0 Å². The SMILES string of the molecule is CC(=O)c1cnc(N)nc1N(C)[C@H](C)c1cc2ncc(Cl)n2c(=O)n1-c1ccccc1. The average molecular weight is 438 g/mol. The average Bonchev–Trinajstić information content (AvgIpc) is 3.13. The molecule has 4 rings (SSSR count). The molecule has 0 bridgehead atoms. The Morgan fingerprint density at radius 2 is 1.90 bits per heavy atom.